The van der Waals surface area contributed by atoms with E-state index in [1.807, 2.05) is 13.0 Å². The van der Waals surface area contributed by atoms with Crippen molar-refractivity contribution in [1.29, 1.82) is 0 Å². The lowest BCUT2D eigenvalue weighted by Crippen LogP contribution is -2.88. The van der Waals surface area contributed by atoms with Gasteiger partial charge in [-0.15, -0.1) is 0 Å². The largest absolute Gasteiger partial charge is 0.514 e. The first-order chi connectivity index (χ1) is 21.7. The number of nitrogens with zero attached hydrogens (tertiary/aromatic N) is 1. The maximum atomic E-state index is 13.0. The molecule has 2 spiro atoms. The SMILES string of the molecule is C=C1C[C@@]2(OC)[C@@H]([C@](C)(O)C(C)(C)C)C[C@@]13[C@H]1Cc4ccc(OC(=O)OCCOCCOC)c5c4[C@@]3(CCN1CC1CC1)[C@]2(C)O5. The molecule has 2 aliphatic heterocycles. The molecule has 254 valence electrons. The smallest absolute Gasteiger partial charge is 0.479 e. The van der Waals surface area contributed by atoms with Gasteiger partial charge in [-0.1, -0.05) is 39.0 Å². The molecule has 7 aliphatic rings. The maximum Gasteiger partial charge on any atom is 0.514 e. The Kier molecular flexibility index (Phi) is 7.51. The number of methoxy groups -OCH3 is 2. The fourth-order valence-corrected chi connectivity index (χ4v) is 10.8. The summed E-state index contributed by atoms with van der Waals surface area (Å²) in [4.78, 5) is 15.7. The van der Waals surface area contributed by atoms with Crippen molar-refractivity contribution in [2.75, 3.05) is 53.7 Å². The Balaban J connectivity index is 1.34. The Morgan fingerprint density at radius 2 is 1.87 bits per heavy atom. The summed E-state index contributed by atoms with van der Waals surface area (Å²) in [6.07, 6.45) is 4.93. The molecule has 9 nitrogen and oxygen atoms in total. The van der Waals surface area contributed by atoms with Crippen LogP contribution in [0.3, 0.4) is 0 Å². The molecule has 5 fully saturated rings. The zero-order chi connectivity index (χ0) is 32.9. The summed E-state index contributed by atoms with van der Waals surface area (Å²) in [6.45, 7) is 18.7. The second-order valence-electron chi connectivity index (χ2n) is 16.2. The third-order valence-electron chi connectivity index (χ3n) is 13.5. The molecule has 0 aromatic heterocycles. The fraction of sp³-hybridized carbons (Fsp3) is 0.757. The summed E-state index contributed by atoms with van der Waals surface area (Å²) >= 11 is 0. The van der Waals surface area contributed by atoms with Gasteiger partial charge in [0.1, 0.15) is 17.8 Å². The van der Waals surface area contributed by atoms with E-state index in [1.54, 1.807) is 14.2 Å². The minimum atomic E-state index is -1.07. The summed E-state index contributed by atoms with van der Waals surface area (Å²) in [5.41, 5.74) is -0.404. The topological polar surface area (TPSA) is 95.9 Å². The highest BCUT2D eigenvalue weighted by atomic mass is 16.7. The van der Waals surface area contributed by atoms with Crippen LogP contribution in [0, 0.1) is 22.7 Å². The third-order valence-corrected chi connectivity index (χ3v) is 13.5. The van der Waals surface area contributed by atoms with E-state index in [0.717, 1.165) is 43.8 Å². The van der Waals surface area contributed by atoms with Gasteiger partial charge in [0.15, 0.2) is 11.5 Å². The van der Waals surface area contributed by atoms with Gasteiger partial charge in [0.2, 0.25) is 0 Å². The van der Waals surface area contributed by atoms with Crippen molar-refractivity contribution in [2.24, 2.45) is 22.7 Å². The van der Waals surface area contributed by atoms with Crippen LogP contribution in [0.2, 0.25) is 0 Å². The van der Waals surface area contributed by atoms with Crippen LogP contribution >= 0.6 is 0 Å². The molecule has 9 heteroatoms. The average molecular weight is 640 g/mol. The molecule has 0 unspecified atom stereocenters. The molecule has 4 bridgehead atoms. The molecule has 1 saturated heterocycles. The quantitative estimate of drug-likeness (QED) is 0.147. The maximum absolute atomic E-state index is 13.0. The Labute approximate surface area is 273 Å². The number of rotatable bonds is 11. The lowest BCUT2D eigenvalue weighted by molar-refractivity contribution is -0.327. The first-order valence-electron chi connectivity index (χ1n) is 17.2. The summed E-state index contributed by atoms with van der Waals surface area (Å²) in [5, 5.41) is 12.6. The van der Waals surface area contributed by atoms with Crippen LogP contribution in [-0.2, 0) is 30.8 Å². The molecule has 1 aromatic carbocycles. The van der Waals surface area contributed by atoms with Crippen molar-refractivity contribution in [3.8, 4) is 11.5 Å². The number of aliphatic hydroxyl groups is 1. The molecular weight excluding hydrogens is 586 g/mol. The predicted octanol–water partition coefficient (Wildman–Crippen LogP) is 5.44. The Morgan fingerprint density at radius 1 is 1.13 bits per heavy atom. The molecule has 5 aliphatic carbocycles. The molecule has 0 amide bonds. The fourth-order valence-electron chi connectivity index (χ4n) is 10.8. The molecule has 2 heterocycles. The monoisotopic (exact) mass is 639 g/mol. The van der Waals surface area contributed by atoms with E-state index >= 15 is 0 Å². The van der Waals surface area contributed by atoms with Gasteiger partial charge in [-0.2, -0.15) is 0 Å². The minimum absolute atomic E-state index is 0.0725. The van der Waals surface area contributed by atoms with Gasteiger partial charge in [0.25, 0.3) is 0 Å². The number of fused-ring (bicyclic) bond motifs is 2. The molecule has 46 heavy (non-hydrogen) atoms. The van der Waals surface area contributed by atoms with E-state index in [2.05, 4.69) is 38.7 Å². The highest BCUT2D eigenvalue weighted by Crippen LogP contribution is 2.82. The highest BCUT2D eigenvalue weighted by molar-refractivity contribution is 5.71. The van der Waals surface area contributed by atoms with E-state index in [9.17, 15) is 9.90 Å². The van der Waals surface area contributed by atoms with Crippen LogP contribution in [0.15, 0.2) is 24.3 Å². The van der Waals surface area contributed by atoms with Crippen molar-refractivity contribution >= 4 is 6.16 Å². The van der Waals surface area contributed by atoms with Crippen molar-refractivity contribution < 1.29 is 38.3 Å². The van der Waals surface area contributed by atoms with Gasteiger partial charge >= 0.3 is 6.16 Å². The number of carbonyl (C=O) groups excluding carboxylic acids is 1. The molecule has 4 saturated carbocycles. The number of hydrogen-bond acceptors (Lipinski definition) is 9. The summed E-state index contributed by atoms with van der Waals surface area (Å²) in [6, 6.07) is 4.22. The first-order valence-corrected chi connectivity index (χ1v) is 17.2. The Bertz CT molecular complexity index is 1410. The zero-order valence-electron chi connectivity index (χ0n) is 28.8. The van der Waals surface area contributed by atoms with Crippen LogP contribution in [0.25, 0.3) is 0 Å². The molecular formula is C37H53NO8. The number of benzene rings is 1. The highest BCUT2D eigenvalue weighted by Gasteiger charge is 2.88. The van der Waals surface area contributed by atoms with Gasteiger partial charge in [0, 0.05) is 50.1 Å². The van der Waals surface area contributed by atoms with Crippen LogP contribution < -0.4 is 9.47 Å². The molecule has 1 aromatic rings. The first kappa shape index (κ1) is 32.4. The Morgan fingerprint density at radius 3 is 2.54 bits per heavy atom. The van der Waals surface area contributed by atoms with Gasteiger partial charge in [-0.3, -0.25) is 4.90 Å². The number of hydrogen-bond donors (Lipinski definition) is 1. The summed E-state index contributed by atoms with van der Waals surface area (Å²) < 4.78 is 35.8. The van der Waals surface area contributed by atoms with Crippen molar-refractivity contribution in [3.63, 3.8) is 0 Å². The number of ether oxygens (including phenoxy) is 6. The number of likely N-dealkylation sites (tertiary alicyclic amines) is 1. The lowest BCUT2D eigenvalue weighted by Gasteiger charge is -2.79. The van der Waals surface area contributed by atoms with E-state index in [-0.39, 0.29) is 30.6 Å². The molecule has 7 atom stereocenters. The van der Waals surface area contributed by atoms with Crippen molar-refractivity contribution in [3.05, 3.63) is 35.4 Å². The molecule has 0 radical (unpaired) electrons. The van der Waals surface area contributed by atoms with Crippen molar-refractivity contribution in [2.45, 2.75) is 101 Å². The van der Waals surface area contributed by atoms with Gasteiger partial charge in [-0.25, -0.2) is 4.79 Å². The van der Waals surface area contributed by atoms with Crippen molar-refractivity contribution in [1.82, 2.24) is 4.90 Å². The second-order valence-corrected chi connectivity index (χ2v) is 16.2. The summed E-state index contributed by atoms with van der Waals surface area (Å²) in [5.74, 6) is 1.51. The van der Waals surface area contributed by atoms with E-state index in [4.69, 9.17) is 35.0 Å². The molecule has 1 N–H and O–H groups in total. The summed E-state index contributed by atoms with van der Waals surface area (Å²) in [7, 11) is 3.39. The van der Waals surface area contributed by atoms with E-state index < -0.39 is 33.8 Å². The zero-order valence-corrected chi connectivity index (χ0v) is 28.8. The van der Waals surface area contributed by atoms with Crippen LogP contribution in [0.4, 0.5) is 4.79 Å². The number of piperidine rings is 1. The average Bonchev–Trinajstić information content (AvgIpc) is 3.76. The van der Waals surface area contributed by atoms with Crippen LogP contribution in [0.5, 0.6) is 11.5 Å². The predicted molar refractivity (Wildman–Crippen MR) is 172 cm³/mol. The standard InChI is InChI=1S/C37H53NO8/c1-23-20-37(42-8)27(33(5,40)32(2,3)4)21-35(23)28-19-25-11-12-26(45-31(39)44-18-17-43-16-15-41-7)30-29(25)36(35,34(37,6)46-30)13-14-38(28)22-24-9-10-24/h11-12,24,27-28,40H,1,9-10,13-22H2,2-8H3/t27-,28-,33+,34+,35+,36+,37-/m1/s1. The third kappa shape index (κ3) is 4.01. The number of carbonyl (C=O) groups is 1. The lowest BCUT2D eigenvalue weighted by atomic mass is 9.29. The van der Waals surface area contributed by atoms with Gasteiger partial charge in [0.05, 0.1) is 30.8 Å². The van der Waals surface area contributed by atoms with E-state index in [1.165, 1.54) is 24.0 Å². The van der Waals surface area contributed by atoms with Crippen LogP contribution in [0.1, 0.15) is 77.8 Å². The van der Waals surface area contributed by atoms with Gasteiger partial charge in [-0.05, 0) is 75.5 Å². The van der Waals surface area contributed by atoms with E-state index in [0.29, 0.717) is 31.1 Å². The Hall–Kier alpha value is -2.17. The molecule has 8 rings (SSSR count). The normalized spacial score (nSPS) is 37.0. The van der Waals surface area contributed by atoms with Crippen LogP contribution in [-0.4, -0.2) is 92.7 Å². The van der Waals surface area contributed by atoms with Gasteiger partial charge < -0.3 is 33.5 Å². The second kappa shape index (κ2) is 10.7. The minimum Gasteiger partial charge on any atom is -0.479 e.